The number of hydrogen-bond acceptors (Lipinski definition) is 4. The molecule has 23 heavy (non-hydrogen) atoms. The molecule has 1 aromatic heterocycles. The van der Waals surface area contributed by atoms with E-state index >= 15 is 0 Å². The van der Waals surface area contributed by atoms with Gasteiger partial charge in [0.2, 0.25) is 0 Å². The number of hydrogen-bond donors (Lipinski definition) is 1. The van der Waals surface area contributed by atoms with Crippen molar-refractivity contribution in [2.45, 2.75) is 20.0 Å². The van der Waals surface area contributed by atoms with Gasteiger partial charge in [-0.2, -0.15) is 0 Å². The lowest BCUT2D eigenvalue weighted by Gasteiger charge is -2.12. The molecule has 1 N–H and O–H groups in total. The summed E-state index contributed by atoms with van der Waals surface area (Å²) < 4.78 is 7.44. The third-order valence-corrected chi connectivity index (χ3v) is 3.60. The number of ether oxygens (including phenoxy) is 1. The standard InChI is InChI=1S/C18H19N3O2/c1-2-23-18-11-7-6-10-16(18)21-17(15(13-22)19-20-21)12-14-8-4-3-5-9-14/h3-11,22H,2,12-13H2,1H3. The third-order valence-electron chi connectivity index (χ3n) is 3.60. The van der Waals surface area contributed by atoms with E-state index in [4.69, 9.17) is 4.74 Å². The van der Waals surface area contributed by atoms with Gasteiger partial charge >= 0.3 is 0 Å². The quantitative estimate of drug-likeness (QED) is 0.760. The number of nitrogens with zero attached hydrogens (tertiary/aromatic N) is 3. The molecule has 0 aliphatic carbocycles. The van der Waals surface area contributed by atoms with E-state index in [9.17, 15) is 5.11 Å². The van der Waals surface area contributed by atoms with Crippen LogP contribution in [0.5, 0.6) is 5.75 Å². The highest BCUT2D eigenvalue weighted by Crippen LogP contribution is 2.25. The normalized spacial score (nSPS) is 10.7. The van der Waals surface area contributed by atoms with E-state index < -0.39 is 0 Å². The Morgan fingerprint density at radius 2 is 1.78 bits per heavy atom. The number of para-hydroxylation sites is 2. The van der Waals surface area contributed by atoms with Crippen molar-refractivity contribution in [3.63, 3.8) is 0 Å². The SMILES string of the molecule is CCOc1ccccc1-n1nnc(CO)c1Cc1ccccc1. The largest absolute Gasteiger partial charge is 0.492 e. The molecule has 0 unspecified atom stereocenters. The zero-order valence-corrected chi connectivity index (χ0v) is 13.0. The molecule has 118 valence electrons. The van der Waals surface area contributed by atoms with Crippen LogP contribution in [-0.2, 0) is 13.0 Å². The van der Waals surface area contributed by atoms with Crippen molar-refractivity contribution in [2.24, 2.45) is 0 Å². The van der Waals surface area contributed by atoms with Gasteiger partial charge in [-0.3, -0.25) is 0 Å². The molecule has 1 heterocycles. The first kappa shape index (κ1) is 15.2. The molecule has 5 heteroatoms. The molecule has 0 aliphatic rings. The zero-order valence-electron chi connectivity index (χ0n) is 13.0. The van der Waals surface area contributed by atoms with Crippen LogP contribution < -0.4 is 4.74 Å². The lowest BCUT2D eigenvalue weighted by Crippen LogP contribution is -2.07. The molecule has 5 nitrogen and oxygen atoms in total. The summed E-state index contributed by atoms with van der Waals surface area (Å²) in [4.78, 5) is 0. The summed E-state index contributed by atoms with van der Waals surface area (Å²) in [6.07, 6.45) is 0.643. The van der Waals surface area contributed by atoms with Gasteiger partial charge in [-0.25, -0.2) is 4.68 Å². The molecular formula is C18H19N3O2. The summed E-state index contributed by atoms with van der Waals surface area (Å²) in [6.45, 7) is 2.38. The zero-order chi connectivity index (χ0) is 16.1. The Hall–Kier alpha value is -2.66. The smallest absolute Gasteiger partial charge is 0.145 e. The van der Waals surface area contributed by atoms with Gasteiger partial charge in [0.1, 0.15) is 17.1 Å². The van der Waals surface area contributed by atoms with E-state index in [-0.39, 0.29) is 6.61 Å². The number of aliphatic hydroxyl groups is 1. The Balaban J connectivity index is 2.05. The first-order valence-corrected chi connectivity index (χ1v) is 7.64. The molecule has 2 aromatic carbocycles. The van der Waals surface area contributed by atoms with Crippen LogP contribution in [0.25, 0.3) is 5.69 Å². The maximum absolute atomic E-state index is 9.58. The molecule has 0 fully saturated rings. The molecule has 3 rings (SSSR count). The number of rotatable bonds is 6. The first-order valence-electron chi connectivity index (χ1n) is 7.64. The topological polar surface area (TPSA) is 60.2 Å². The molecule has 0 aliphatic heterocycles. The van der Waals surface area contributed by atoms with Gasteiger partial charge in [-0.1, -0.05) is 47.7 Å². The first-order chi connectivity index (χ1) is 11.3. The van der Waals surface area contributed by atoms with Crippen LogP contribution >= 0.6 is 0 Å². The van der Waals surface area contributed by atoms with Crippen LogP contribution in [0, 0.1) is 0 Å². The molecule has 3 aromatic rings. The van der Waals surface area contributed by atoms with Crippen molar-refractivity contribution < 1.29 is 9.84 Å². The fraction of sp³-hybridized carbons (Fsp3) is 0.222. The summed E-state index contributed by atoms with van der Waals surface area (Å²) in [5.41, 5.74) is 3.41. The summed E-state index contributed by atoms with van der Waals surface area (Å²) in [6, 6.07) is 17.8. The molecule has 0 saturated carbocycles. The van der Waals surface area contributed by atoms with Gasteiger partial charge in [0, 0.05) is 6.42 Å². The van der Waals surface area contributed by atoms with E-state index in [1.807, 2.05) is 61.5 Å². The van der Waals surface area contributed by atoms with E-state index in [1.165, 1.54) is 0 Å². The van der Waals surface area contributed by atoms with Crippen molar-refractivity contribution in [1.82, 2.24) is 15.0 Å². The Labute approximate surface area is 135 Å². The lowest BCUT2D eigenvalue weighted by molar-refractivity contribution is 0.275. The van der Waals surface area contributed by atoms with Crippen LogP contribution in [0.1, 0.15) is 23.9 Å². The minimum atomic E-state index is -0.140. The Bertz CT molecular complexity index is 769. The predicted octanol–water partition coefficient (Wildman–Crippen LogP) is 2.75. The van der Waals surface area contributed by atoms with Gasteiger partial charge in [0.25, 0.3) is 0 Å². The van der Waals surface area contributed by atoms with Crippen LogP contribution in [0.15, 0.2) is 54.6 Å². The Morgan fingerprint density at radius 3 is 2.52 bits per heavy atom. The Morgan fingerprint density at radius 1 is 1.04 bits per heavy atom. The van der Waals surface area contributed by atoms with Crippen LogP contribution in [0.2, 0.25) is 0 Å². The van der Waals surface area contributed by atoms with E-state index in [1.54, 1.807) is 4.68 Å². The number of benzene rings is 2. The summed E-state index contributed by atoms with van der Waals surface area (Å²) in [5, 5.41) is 17.9. The average molecular weight is 309 g/mol. The van der Waals surface area contributed by atoms with Gasteiger partial charge < -0.3 is 9.84 Å². The summed E-state index contributed by atoms with van der Waals surface area (Å²) in [5.74, 6) is 0.749. The van der Waals surface area contributed by atoms with Crippen molar-refractivity contribution in [3.8, 4) is 11.4 Å². The van der Waals surface area contributed by atoms with E-state index in [0.717, 1.165) is 22.7 Å². The van der Waals surface area contributed by atoms with Gasteiger partial charge in [-0.05, 0) is 24.6 Å². The molecule has 0 radical (unpaired) electrons. The highest BCUT2D eigenvalue weighted by atomic mass is 16.5. The molecule has 0 atom stereocenters. The van der Waals surface area contributed by atoms with Crippen LogP contribution in [0.3, 0.4) is 0 Å². The summed E-state index contributed by atoms with van der Waals surface area (Å²) >= 11 is 0. The fourth-order valence-corrected chi connectivity index (χ4v) is 2.52. The Kier molecular flexibility index (Phi) is 4.68. The minimum Gasteiger partial charge on any atom is -0.492 e. The molecule has 0 spiro atoms. The lowest BCUT2D eigenvalue weighted by atomic mass is 10.1. The highest BCUT2D eigenvalue weighted by molar-refractivity contribution is 5.47. The van der Waals surface area contributed by atoms with E-state index in [2.05, 4.69) is 10.3 Å². The molecular weight excluding hydrogens is 290 g/mol. The van der Waals surface area contributed by atoms with Crippen molar-refractivity contribution in [1.29, 1.82) is 0 Å². The molecule has 0 amide bonds. The number of aliphatic hydroxyl groups excluding tert-OH is 1. The van der Waals surface area contributed by atoms with Crippen LogP contribution in [-0.4, -0.2) is 26.7 Å². The van der Waals surface area contributed by atoms with Crippen LogP contribution in [0.4, 0.5) is 0 Å². The van der Waals surface area contributed by atoms with Gasteiger partial charge in [-0.15, -0.1) is 5.10 Å². The molecule has 0 bridgehead atoms. The van der Waals surface area contributed by atoms with Crippen molar-refractivity contribution >= 4 is 0 Å². The summed E-state index contributed by atoms with van der Waals surface area (Å²) in [7, 11) is 0. The van der Waals surface area contributed by atoms with Gasteiger partial charge in [0.05, 0.1) is 18.9 Å². The maximum Gasteiger partial charge on any atom is 0.145 e. The fourth-order valence-electron chi connectivity index (χ4n) is 2.52. The van der Waals surface area contributed by atoms with Crippen molar-refractivity contribution in [2.75, 3.05) is 6.61 Å². The third kappa shape index (κ3) is 3.24. The minimum absolute atomic E-state index is 0.140. The molecule has 0 saturated heterocycles. The second kappa shape index (κ2) is 7.07. The number of aromatic nitrogens is 3. The average Bonchev–Trinajstić information content (AvgIpc) is 2.99. The second-order valence-corrected chi connectivity index (χ2v) is 5.12. The van der Waals surface area contributed by atoms with Gasteiger partial charge in [0.15, 0.2) is 0 Å². The van der Waals surface area contributed by atoms with Crippen molar-refractivity contribution in [3.05, 3.63) is 71.5 Å². The second-order valence-electron chi connectivity index (χ2n) is 5.12. The monoisotopic (exact) mass is 309 g/mol. The predicted molar refractivity (Wildman–Crippen MR) is 87.7 cm³/mol. The van der Waals surface area contributed by atoms with E-state index in [0.29, 0.717) is 18.7 Å². The maximum atomic E-state index is 9.58. The highest BCUT2D eigenvalue weighted by Gasteiger charge is 2.16.